The minimum atomic E-state index is -0.427. The minimum Gasteiger partial charge on any atom is -0.457 e. The number of amides is 2. The standard InChI is InChI=1S/C23H23N3O3/c1-16-11-12-21(17(2)13-16)24-15-22(27)25-26-23(28)18-7-6-10-20(14-18)29-19-8-4-3-5-9-19/h3-14,24H,15H2,1-2H3,(H,25,27)(H,26,28). The van der Waals surface area contributed by atoms with Crippen LogP contribution in [0.25, 0.3) is 0 Å². The van der Waals surface area contributed by atoms with Crippen molar-refractivity contribution in [3.63, 3.8) is 0 Å². The van der Waals surface area contributed by atoms with Crippen molar-refractivity contribution >= 4 is 17.5 Å². The number of hydrogen-bond acceptors (Lipinski definition) is 4. The number of hydrogen-bond donors (Lipinski definition) is 3. The van der Waals surface area contributed by atoms with Crippen molar-refractivity contribution in [1.29, 1.82) is 0 Å². The van der Waals surface area contributed by atoms with Crippen LogP contribution in [-0.4, -0.2) is 18.4 Å². The fourth-order valence-electron chi connectivity index (χ4n) is 2.76. The maximum Gasteiger partial charge on any atom is 0.269 e. The Kier molecular flexibility index (Phi) is 6.47. The molecule has 0 atom stereocenters. The van der Waals surface area contributed by atoms with Crippen LogP contribution in [0.15, 0.2) is 72.8 Å². The van der Waals surface area contributed by atoms with Crippen molar-refractivity contribution in [2.45, 2.75) is 13.8 Å². The number of benzene rings is 3. The molecule has 148 valence electrons. The zero-order chi connectivity index (χ0) is 20.6. The first kappa shape index (κ1) is 19.9. The topological polar surface area (TPSA) is 79.5 Å². The normalized spacial score (nSPS) is 10.1. The molecule has 6 heteroatoms. The summed E-state index contributed by atoms with van der Waals surface area (Å²) in [6.07, 6.45) is 0. The van der Waals surface area contributed by atoms with Gasteiger partial charge < -0.3 is 10.1 Å². The van der Waals surface area contributed by atoms with E-state index in [0.717, 1.165) is 16.8 Å². The molecule has 0 heterocycles. The van der Waals surface area contributed by atoms with Gasteiger partial charge in [-0.1, -0.05) is 42.0 Å². The predicted molar refractivity (Wildman–Crippen MR) is 113 cm³/mol. The van der Waals surface area contributed by atoms with Gasteiger partial charge in [0.1, 0.15) is 11.5 Å². The van der Waals surface area contributed by atoms with Crippen LogP contribution >= 0.6 is 0 Å². The van der Waals surface area contributed by atoms with Crippen LogP contribution in [0, 0.1) is 13.8 Å². The van der Waals surface area contributed by atoms with Crippen molar-refractivity contribution in [2.24, 2.45) is 0 Å². The maximum absolute atomic E-state index is 12.3. The lowest BCUT2D eigenvalue weighted by atomic mass is 10.1. The third kappa shape index (κ3) is 5.84. The zero-order valence-electron chi connectivity index (χ0n) is 16.4. The molecule has 0 saturated carbocycles. The number of anilines is 1. The number of carbonyl (C=O) groups is 2. The summed E-state index contributed by atoms with van der Waals surface area (Å²) in [5, 5.41) is 3.06. The van der Waals surface area contributed by atoms with E-state index in [4.69, 9.17) is 4.74 Å². The Morgan fingerprint density at radius 3 is 2.34 bits per heavy atom. The first-order valence-corrected chi connectivity index (χ1v) is 9.24. The van der Waals surface area contributed by atoms with Gasteiger partial charge in [0.2, 0.25) is 0 Å². The van der Waals surface area contributed by atoms with Gasteiger partial charge in [0.15, 0.2) is 0 Å². The predicted octanol–water partition coefficient (Wildman–Crippen LogP) is 3.97. The average molecular weight is 389 g/mol. The molecule has 3 aromatic rings. The van der Waals surface area contributed by atoms with Gasteiger partial charge >= 0.3 is 0 Å². The van der Waals surface area contributed by atoms with Crippen LogP contribution in [0.2, 0.25) is 0 Å². The molecule has 0 saturated heterocycles. The second-order valence-corrected chi connectivity index (χ2v) is 6.62. The van der Waals surface area contributed by atoms with Crippen LogP contribution in [0.4, 0.5) is 5.69 Å². The van der Waals surface area contributed by atoms with Gasteiger partial charge in [-0.15, -0.1) is 0 Å². The highest BCUT2D eigenvalue weighted by Crippen LogP contribution is 2.21. The molecular formula is C23H23N3O3. The second-order valence-electron chi connectivity index (χ2n) is 6.62. The second kappa shape index (κ2) is 9.41. The van der Waals surface area contributed by atoms with Crippen LogP contribution in [0.1, 0.15) is 21.5 Å². The van der Waals surface area contributed by atoms with Crippen molar-refractivity contribution in [3.8, 4) is 11.5 Å². The third-order valence-electron chi connectivity index (χ3n) is 4.21. The molecule has 29 heavy (non-hydrogen) atoms. The Bertz CT molecular complexity index is 1000. The molecule has 2 amide bonds. The van der Waals surface area contributed by atoms with Crippen molar-refractivity contribution in [3.05, 3.63) is 89.5 Å². The van der Waals surface area contributed by atoms with Crippen molar-refractivity contribution in [1.82, 2.24) is 10.9 Å². The van der Waals surface area contributed by atoms with E-state index in [2.05, 4.69) is 16.2 Å². The molecule has 0 unspecified atom stereocenters. The summed E-state index contributed by atoms with van der Waals surface area (Å²) in [5.41, 5.74) is 8.29. The van der Waals surface area contributed by atoms with Crippen molar-refractivity contribution < 1.29 is 14.3 Å². The Morgan fingerprint density at radius 1 is 0.828 bits per heavy atom. The summed E-state index contributed by atoms with van der Waals surface area (Å²) < 4.78 is 5.72. The van der Waals surface area contributed by atoms with E-state index < -0.39 is 5.91 Å². The van der Waals surface area contributed by atoms with Crippen molar-refractivity contribution in [2.75, 3.05) is 11.9 Å². The quantitative estimate of drug-likeness (QED) is 0.558. The lowest BCUT2D eigenvalue weighted by Gasteiger charge is -2.12. The zero-order valence-corrected chi connectivity index (χ0v) is 16.4. The third-order valence-corrected chi connectivity index (χ3v) is 4.21. The largest absolute Gasteiger partial charge is 0.457 e. The summed E-state index contributed by atoms with van der Waals surface area (Å²) in [4.78, 5) is 24.3. The van der Waals surface area contributed by atoms with Gasteiger partial charge in [-0.05, 0) is 55.8 Å². The molecule has 0 aliphatic heterocycles. The van der Waals surface area contributed by atoms with E-state index in [1.807, 2.05) is 62.4 Å². The Morgan fingerprint density at radius 2 is 1.59 bits per heavy atom. The molecule has 0 spiro atoms. The Hall–Kier alpha value is -3.80. The van der Waals surface area contributed by atoms with Gasteiger partial charge in [0, 0.05) is 11.3 Å². The number of aryl methyl sites for hydroxylation is 2. The number of carbonyl (C=O) groups excluding carboxylic acids is 2. The van der Waals surface area contributed by atoms with E-state index in [1.165, 1.54) is 0 Å². The summed E-state index contributed by atoms with van der Waals surface area (Å²) in [6, 6.07) is 22.0. The number of hydrazine groups is 1. The molecule has 6 nitrogen and oxygen atoms in total. The molecule has 0 aliphatic carbocycles. The summed E-state index contributed by atoms with van der Waals surface area (Å²) >= 11 is 0. The monoisotopic (exact) mass is 389 g/mol. The molecule has 3 N–H and O–H groups in total. The molecule has 3 aromatic carbocycles. The lowest BCUT2D eigenvalue weighted by molar-refractivity contribution is -0.120. The summed E-state index contributed by atoms with van der Waals surface area (Å²) in [6.45, 7) is 4.03. The Balaban J connectivity index is 1.51. The minimum absolute atomic E-state index is 0.0430. The summed E-state index contributed by atoms with van der Waals surface area (Å²) in [7, 11) is 0. The molecule has 0 fully saturated rings. The fourth-order valence-corrected chi connectivity index (χ4v) is 2.76. The number of para-hydroxylation sites is 1. The summed E-state index contributed by atoms with van der Waals surface area (Å²) in [5.74, 6) is 0.431. The van der Waals surface area contributed by atoms with Gasteiger partial charge in [-0.25, -0.2) is 0 Å². The Labute approximate surface area is 169 Å². The van der Waals surface area contributed by atoms with Crippen LogP contribution in [0.3, 0.4) is 0 Å². The number of rotatable bonds is 6. The van der Waals surface area contributed by atoms with Crippen LogP contribution in [-0.2, 0) is 4.79 Å². The average Bonchev–Trinajstić information content (AvgIpc) is 2.72. The molecule has 0 radical (unpaired) electrons. The molecular weight excluding hydrogens is 366 g/mol. The molecule has 0 aliphatic rings. The molecule has 0 bridgehead atoms. The smallest absolute Gasteiger partial charge is 0.269 e. The highest BCUT2D eigenvalue weighted by Gasteiger charge is 2.09. The van der Waals surface area contributed by atoms with E-state index in [1.54, 1.807) is 24.3 Å². The number of ether oxygens (including phenoxy) is 1. The van der Waals surface area contributed by atoms with Crippen LogP contribution < -0.4 is 20.9 Å². The first-order chi connectivity index (χ1) is 14.0. The van der Waals surface area contributed by atoms with E-state index in [9.17, 15) is 9.59 Å². The van der Waals surface area contributed by atoms with Gasteiger partial charge in [0.25, 0.3) is 11.8 Å². The maximum atomic E-state index is 12.3. The molecule has 3 rings (SSSR count). The van der Waals surface area contributed by atoms with Crippen LogP contribution in [0.5, 0.6) is 11.5 Å². The van der Waals surface area contributed by atoms with E-state index >= 15 is 0 Å². The SMILES string of the molecule is Cc1ccc(NCC(=O)NNC(=O)c2cccc(Oc3ccccc3)c2)c(C)c1. The van der Waals surface area contributed by atoms with Gasteiger partial charge in [-0.2, -0.15) is 0 Å². The molecule has 0 aromatic heterocycles. The highest BCUT2D eigenvalue weighted by molar-refractivity contribution is 5.96. The van der Waals surface area contributed by atoms with Gasteiger partial charge in [0.05, 0.1) is 6.54 Å². The first-order valence-electron chi connectivity index (χ1n) is 9.24. The fraction of sp³-hybridized carbons (Fsp3) is 0.130. The number of nitrogens with one attached hydrogen (secondary N) is 3. The highest BCUT2D eigenvalue weighted by atomic mass is 16.5. The lowest BCUT2D eigenvalue weighted by Crippen LogP contribution is -2.44. The van der Waals surface area contributed by atoms with E-state index in [-0.39, 0.29) is 12.5 Å². The van der Waals surface area contributed by atoms with E-state index in [0.29, 0.717) is 17.1 Å². The van der Waals surface area contributed by atoms with Gasteiger partial charge in [-0.3, -0.25) is 20.4 Å².